The van der Waals surface area contributed by atoms with Crippen LogP contribution in [0.4, 0.5) is 11.6 Å². The van der Waals surface area contributed by atoms with Crippen LogP contribution in [0.15, 0.2) is 72.4 Å². The van der Waals surface area contributed by atoms with Gasteiger partial charge in [-0.1, -0.05) is 47.5 Å². The van der Waals surface area contributed by atoms with Gasteiger partial charge < -0.3 is 5.32 Å². The molecule has 2 amide bonds. The summed E-state index contributed by atoms with van der Waals surface area (Å²) in [6.07, 6.45) is 6.28. The zero-order valence-corrected chi connectivity index (χ0v) is 24.9. The van der Waals surface area contributed by atoms with Crippen molar-refractivity contribution in [2.24, 2.45) is 5.92 Å². The molecule has 0 aliphatic carbocycles. The van der Waals surface area contributed by atoms with Crippen molar-refractivity contribution in [3.63, 3.8) is 0 Å². The summed E-state index contributed by atoms with van der Waals surface area (Å²) in [5.74, 6) is -0.944. The molecule has 4 aromatic rings. The molecule has 0 unspecified atom stereocenters. The van der Waals surface area contributed by atoms with Crippen molar-refractivity contribution < 1.29 is 18.0 Å². The summed E-state index contributed by atoms with van der Waals surface area (Å²) < 4.78 is 30.4. The van der Waals surface area contributed by atoms with Gasteiger partial charge in [0, 0.05) is 54.6 Å². The highest BCUT2D eigenvalue weighted by molar-refractivity contribution is 7.89. The Kier molecular flexibility index (Phi) is 7.04. The van der Waals surface area contributed by atoms with E-state index in [0.29, 0.717) is 15.7 Å². The van der Waals surface area contributed by atoms with Crippen LogP contribution in [0.1, 0.15) is 12.5 Å². The Morgan fingerprint density at radius 1 is 1.02 bits per heavy atom. The molecule has 1 N–H and O–H groups in total. The van der Waals surface area contributed by atoms with Crippen LogP contribution in [0.25, 0.3) is 11.1 Å². The van der Waals surface area contributed by atoms with Gasteiger partial charge in [0.2, 0.25) is 11.9 Å². The Morgan fingerprint density at radius 2 is 1.67 bits per heavy atom. The van der Waals surface area contributed by atoms with Crippen molar-refractivity contribution in [2.45, 2.75) is 23.9 Å². The van der Waals surface area contributed by atoms with E-state index in [9.17, 15) is 18.0 Å². The average molecular weight is 627 g/mol. The second kappa shape index (κ2) is 10.5. The number of hydrogen-bond acceptors (Lipinski definition) is 7. The number of rotatable bonds is 7. The summed E-state index contributed by atoms with van der Waals surface area (Å²) in [6, 6.07) is 12.3. The molecule has 0 radical (unpaired) electrons. The molecule has 42 heavy (non-hydrogen) atoms. The van der Waals surface area contributed by atoms with Crippen LogP contribution < -0.4 is 10.2 Å². The number of benzene rings is 2. The third-order valence-electron chi connectivity index (χ3n) is 7.64. The fraction of sp³-hybridized carbons (Fsp3) is 0.250. The maximum Gasteiger partial charge on any atom is 0.260 e. The fourth-order valence-electron chi connectivity index (χ4n) is 5.41. The van der Waals surface area contributed by atoms with Gasteiger partial charge in [0.25, 0.3) is 15.9 Å². The standard InChI is InChI=1S/C28H25Cl2N7O4S/c1-28(10-17-3-5-18(6-4-17)19-11-32-16-33-12-19)26(39)36(23-8-21(29)7-22(30)9-23)27-34-13-24(37(27)28)42(40,41)35-14-20(15-35)25(38)31-2/h3-9,11-13,16,20H,10,14-15H2,1-2H3,(H,31,38)/t28-/m1/s1. The molecule has 2 aromatic carbocycles. The van der Waals surface area contributed by atoms with Gasteiger partial charge in [-0.25, -0.2) is 28.3 Å². The topological polar surface area (TPSA) is 130 Å². The molecule has 11 nitrogen and oxygen atoms in total. The molecule has 0 spiro atoms. The van der Waals surface area contributed by atoms with E-state index in [4.69, 9.17) is 23.2 Å². The maximum atomic E-state index is 14.3. The van der Waals surface area contributed by atoms with Gasteiger partial charge in [-0.2, -0.15) is 4.31 Å². The van der Waals surface area contributed by atoms with Gasteiger partial charge in [-0.3, -0.25) is 14.2 Å². The minimum absolute atomic E-state index is 0.0332. The summed E-state index contributed by atoms with van der Waals surface area (Å²) in [6.45, 7) is 1.75. The van der Waals surface area contributed by atoms with Crippen LogP contribution in [0.3, 0.4) is 0 Å². The number of halogens is 2. The number of carbonyl (C=O) groups is 2. The number of carbonyl (C=O) groups excluding carboxylic acids is 2. The van der Waals surface area contributed by atoms with E-state index in [-0.39, 0.29) is 36.4 Å². The van der Waals surface area contributed by atoms with Gasteiger partial charge in [-0.05, 0) is 36.2 Å². The molecule has 2 aliphatic rings. The monoisotopic (exact) mass is 625 g/mol. The number of anilines is 2. The zero-order valence-electron chi connectivity index (χ0n) is 22.5. The Labute approximate surface area is 252 Å². The number of hydrogen-bond donors (Lipinski definition) is 1. The van der Waals surface area contributed by atoms with Crippen LogP contribution in [-0.4, -0.2) is 64.2 Å². The molecular formula is C28H25Cl2N7O4S. The number of nitrogens with one attached hydrogen (secondary N) is 1. The normalized spacial score (nSPS) is 19.0. The quantitative estimate of drug-likeness (QED) is 0.332. The highest BCUT2D eigenvalue weighted by atomic mass is 35.5. The lowest BCUT2D eigenvalue weighted by atomic mass is 9.91. The van der Waals surface area contributed by atoms with Crippen molar-refractivity contribution in [3.8, 4) is 11.1 Å². The van der Waals surface area contributed by atoms with Gasteiger partial charge in [-0.15, -0.1) is 0 Å². The predicted molar refractivity (Wildman–Crippen MR) is 157 cm³/mol. The van der Waals surface area contributed by atoms with Gasteiger partial charge in [0.1, 0.15) is 11.9 Å². The van der Waals surface area contributed by atoms with E-state index >= 15 is 0 Å². The second-order valence-corrected chi connectivity index (χ2v) is 13.2. The number of sulfonamides is 1. The van der Waals surface area contributed by atoms with Crippen LogP contribution in [0.2, 0.25) is 10.0 Å². The minimum atomic E-state index is -4.10. The molecule has 216 valence electrons. The summed E-state index contributed by atoms with van der Waals surface area (Å²) >= 11 is 12.5. The number of fused-ring (bicyclic) bond motifs is 1. The summed E-state index contributed by atoms with van der Waals surface area (Å²) in [4.78, 5) is 40.2. The highest BCUT2D eigenvalue weighted by Crippen LogP contribution is 2.45. The Bertz CT molecular complexity index is 1790. The average Bonchev–Trinajstić information content (AvgIpc) is 3.46. The largest absolute Gasteiger partial charge is 0.359 e. The molecule has 1 atom stereocenters. The summed E-state index contributed by atoms with van der Waals surface area (Å²) in [7, 11) is -2.59. The smallest absolute Gasteiger partial charge is 0.260 e. The fourth-order valence-corrected chi connectivity index (χ4v) is 7.64. The lowest BCUT2D eigenvalue weighted by Gasteiger charge is -2.37. The Morgan fingerprint density at radius 3 is 2.29 bits per heavy atom. The lowest BCUT2D eigenvalue weighted by molar-refractivity contribution is -0.127. The minimum Gasteiger partial charge on any atom is -0.359 e. The van der Waals surface area contributed by atoms with E-state index < -0.39 is 27.4 Å². The molecule has 4 heterocycles. The maximum absolute atomic E-state index is 14.3. The van der Waals surface area contributed by atoms with Crippen LogP contribution in [0, 0.1) is 5.92 Å². The zero-order chi connectivity index (χ0) is 29.8. The highest BCUT2D eigenvalue weighted by Gasteiger charge is 2.53. The molecule has 0 saturated carbocycles. The molecule has 0 bridgehead atoms. The SMILES string of the molecule is CNC(=O)C1CN(S(=O)(=O)c2cnc3n2[C@](C)(Cc2ccc(-c4cncnc4)cc2)C(=O)N3c2cc(Cl)cc(Cl)c2)C1. The first kappa shape index (κ1) is 28.3. The first-order valence-electron chi connectivity index (χ1n) is 13.0. The third kappa shape index (κ3) is 4.64. The lowest BCUT2D eigenvalue weighted by Crippen LogP contribution is -2.55. The van der Waals surface area contributed by atoms with Gasteiger partial charge in [0.05, 0.1) is 17.8 Å². The van der Waals surface area contributed by atoms with Crippen molar-refractivity contribution in [2.75, 3.05) is 25.0 Å². The number of imidazole rings is 1. The van der Waals surface area contributed by atoms with Crippen molar-refractivity contribution >= 4 is 56.7 Å². The van der Waals surface area contributed by atoms with Crippen molar-refractivity contribution in [3.05, 3.63) is 83.0 Å². The third-order valence-corrected chi connectivity index (χ3v) is 9.87. The van der Waals surface area contributed by atoms with E-state index in [1.807, 2.05) is 24.3 Å². The van der Waals surface area contributed by atoms with E-state index in [1.54, 1.807) is 37.5 Å². The van der Waals surface area contributed by atoms with Crippen molar-refractivity contribution in [1.29, 1.82) is 0 Å². The van der Waals surface area contributed by atoms with E-state index in [1.165, 1.54) is 33.3 Å². The van der Waals surface area contributed by atoms with Gasteiger partial charge in [0.15, 0.2) is 5.03 Å². The predicted octanol–water partition coefficient (Wildman–Crippen LogP) is 3.65. The van der Waals surface area contributed by atoms with Crippen LogP contribution in [-0.2, 0) is 31.6 Å². The molecule has 1 fully saturated rings. The molecule has 1 saturated heterocycles. The Hall–Kier alpha value is -3.84. The summed E-state index contributed by atoms with van der Waals surface area (Å²) in [5.41, 5.74) is 1.51. The van der Waals surface area contributed by atoms with E-state index in [2.05, 4.69) is 20.3 Å². The van der Waals surface area contributed by atoms with Gasteiger partial charge >= 0.3 is 0 Å². The van der Waals surface area contributed by atoms with Crippen LogP contribution >= 0.6 is 23.2 Å². The second-order valence-electron chi connectivity index (χ2n) is 10.4. The Balaban J connectivity index is 1.42. The molecule has 14 heteroatoms. The first-order valence-corrected chi connectivity index (χ1v) is 15.2. The molecule has 2 aliphatic heterocycles. The van der Waals surface area contributed by atoms with E-state index in [0.717, 1.165) is 16.7 Å². The molecule has 6 rings (SSSR count). The number of amides is 2. The first-order chi connectivity index (χ1) is 20.0. The molecular weight excluding hydrogens is 601 g/mol. The summed E-state index contributed by atoms with van der Waals surface area (Å²) in [5, 5.41) is 3.03. The van der Waals surface area contributed by atoms with Crippen molar-refractivity contribution in [1.82, 2.24) is 29.1 Å². The number of nitrogens with zero attached hydrogens (tertiary/aromatic N) is 6. The van der Waals surface area contributed by atoms with Crippen LogP contribution in [0.5, 0.6) is 0 Å². The molecule has 2 aromatic heterocycles. The number of aromatic nitrogens is 4.